The van der Waals surface area contributed by atoms with Gasteiger partial charge in [0.2, 0.25) is 17.7 Å². The second-order valence-corrected chi connectivity index (χ2v) is 9.49. The summed E-state index contributed by atoms with van der Waals surface area (Å²) in [5.74, 6) is 1.72. The summed E-state index contributed by atoms with van der Waals surface area (Å²) in [4.78, 5) is 41.3. The van der Waals surface area contributed by atoms with Crippen molar-refractivity contribution in [1.29, 1.82) is 0 Å². The second kappa shape index (κ2) is 8.83. The smallest absolute Gasteiger partial charge is 0.225 e. The van der Waals surface area contributed by atoms with Gasteiger partial charge in [0.25, 0.3) is 0 Å². The zero-order chi connectivity index (χ0) is 19.5. The highest BCUT2D eigenvalue weighted by atomic mass is 16.2. The highest BCUT2D eigenvalue weighted by Crippen LogP contribution is 2.30. The molecule has 0 aromatic rings. The van der Waals surface area contributed by atoms with Gasteiger partial charge in [0.05, 0.1) is 5.92 Å². The number of nitrogens with one attached hydrogen (secondary N) is 1. The van der Waals surface area contributed by atoms with Crippen LogP contribution >= 0.6 is 0 Å². The maximum atomic E-state index is 12.7. The van der Waals surface area contributed by atoms with Crippen molar-refractivity contribution in [3.63, 3.8) is 0 Å². The van der Waals surface area contributed by atoms with Crippen LogP contribution in [0.3, 0.4) is 0 Å². The van der Waals surface area contributed by atoms with Crippen LogP contribution in [0.1, 0.15) is 64.2 Å². The molecule has 2 aliphatic heterocycles. The first kappa shape index (κ1) is 19.7. The fourth-order valence-electron chi connectivity index (χ4n) is 5.09. The maximum absolute atomic E-state index is 12.7. The number of hydrogen-bond donors (Lipinski definition) is 1. The van der Waals surface area contributed by atoms with Crippen LogP contribution in [-0.2, 0) is 14.4 Å². The molecule has 2 heterocycles. The predicted octanol–water partition coefficient (Wildman–Crippen LogP) is 2.18. The number of carbonyl (C=O) groups excluding carboxylic acids is 3. The molecule has 0 aromatic heterocycles. The summed E-state index contributed by atoms with van der Waals surface area (Å²) < 4.78 is 0. The Kier molecular flexibility index (Phi) is 6.22. The molecule has 2 aliphatic carbocycles. The lowest BCUT2D eigenvalue weighted by molar-refractivity contribution is -0.138. The van der Waals surface area contributed by atoms with Crippen molar-refractivity contribution >= 4 is 17.7 Å². The number of likely N-dealkylation sites (tertiary alicyclic amines) is 2. The molecular weight excluding hydrogens is 354 g/mol. The number of nitrogens with zero attached hydrogens (tertiary/aromatic N) is 2. The fourth-order valence-corrected chi connectivity index (χ4v) is 5.09. The molecule has 6 heteroatoms. The number of rotatable bonds is 6. The fraction of sp³-hybridized carbons (Fsp3) is 0.864. The van der Waals surface area contributed by atoms with Gasteiger partial charge in [-0.3, -0.25) is 14.4 Å². The van der Waals surface area contributed by atoms with E-state index in [1.165, 1.54) is 32.1 Å². The van der Waals surface area contributed by atoms with E-state index in [1.54, 1.807) is 0 Å². The first-order chi connectivity index (χ1) is 13.6. The minimum atomic E-state index is -0.181. The first-order valence-corrected chi connectivity index (χ1v) is 11.4. The van der Waals surface area contributed by atoms with E-state index in [4.69, 9.17) is 0 Å². The molecule has 6 nitrogen and oxygen atoms in total. The molecule has 1 N–H and O–H groups in total. The van der Waals surface area contributed by atoms with Gasteiger partial charge in [-0.25, -0.2) is 0 Å². The molecule has 2 saturated carbocycles. The third-order valence-electron chi connectivity index (χ3n) is 7.21. The van der Waals surface area contributed by atoms with Gasteiger partial charge in [-0.1, -0.05) is 19.3 Å². The van der Waals surface area contributed by atoms with Gasteiger partial charge < -0.3 is 15.1 Å². The van der Waals surface area contributed by atoms with Crippen molar-refractivity contribution in [3.05, 3.63) is 0 Å². The Morgan fingerprint density at radius 3 is 2.29 bits per heavy atom. The Hall–Kier alpha value is -1.59. The highest BCUT2D eigenvalue weighted by molar-refractivity contribution is 5.89. The van der Waals surface area contributed by atoms with Crippen molar-refractivity contribution in [2.24, 2.45) is 23.7 Å². The van der Waals surface area contributed by atoms with E-state index in [1.807, 2.05) is 4.90 Å². The molecule has 0 aromatic carbocycles. The normalized spacial score (nSPS) is 27.3. The van der Waals surface area contributed by atoms with Crippen LogP contribution in [0.15, 0.2) is 0 Å². The maximum Gasteiger partial charge on any atom is 0.225 e. The first-order valence-electron chi connectivity index (χ1n) is 11.4. The Bertz CT molecular complexity index is 590. The third kappa shape index (κ3) is 4.87. The van der Waals surface area contributed by atoms with Crippen molar-refractivity contribution in [3.8, 4) is 0 Å². The molecule has 1 atom stereocenters. The number of piperidine rings is 1. The van der Waals surface area contributed by atoms with Crippen molar-refractivity contribution in [1.82, 2.24) is 15.1 Å². The standard InChI is InChI=1S/C22H35N3O3/c26-20-12-19(21(27)23-13-16-6-7-16)15-25(20)14-17-8-10-24(11-9-17)22(28)18-4-2-1-3-5-18/h16-19H,1-15H2,(H,23,27). The minimum absolute atomic E-state index is 0.0515. The van der Waals surface area contributed by atoms with E-state index in [0.717, 1.165) is 51.9 Å². The molecular formula is C22H35N3O3. The van der Waals surface area contributed by atoms with Crippen LogP contribution in [0.2, 0.25) is 0 Å². The SMILES string of the molecule is O=C(NCC1CC1)C1CC(=O)N(CC2CCN(C(=O)C3CCCCC3)CC2)C1. The van der Waals surface area contributed by atoms with Crippen LogP contribution in [0, 0.1) is 23.7 Å². The number of carbonyl (C=O) groups is 3. The lowest BCUT2D eigenvalue weighted by Crippen LogP contribution is -2.44. The molecule has 156 valence electrons. The van der Waals surface area contributed by atoms with Crippen molar-refractivity contribution in [2.75, 3.05) is 32.7 Å². The summed E-state index contributed by atoms with van der Waals surface area (Å²) in [5, 5.41) is 3.02. The zero-order valence-corrected chi connectivity index (χ0v) is 17.0. The van der Waals surface area contributed by atoms with Gasteiger partial charge in [-0.2, -0.15) is 0 Å². The largest absolute Gasteiger partial charge is 0.356 e. The topological polar surface area (TPSA) is 69.7 Å². The van der Waals surface area contributed by atoms with Crippen LogP contribution in [0.25, 0.3) is 0 Å². The molecule has 0 radical (unpaired) electrons. The third-order valence-corrected chi connectivity index (χ3v) is 7.21. The van der Waals surface area contributed by atoms with Gasteiger partial charge in [-0.15, -0.1) is 0 Å². The summed E-state index contributed by atoms with van der Waals surface area (Å²) in [7, 11) is 0. The molecule has 4 fully saturated rings. The Labute approximate surface area is 168 Å². The lowest BCUT2D eigenvalue weighted by atomic mass is 9.87. The van der Waals surface area contributed by atoms with E-state index in [0.29, 0.717) is 30.7 Å². The summed E-state index contributed by atoms with van der Waals surface area (Å²) in [5.41, 5.74) is 0. The average molecular weight is 390 g/mol. The molecule has 2 saturated heterocycles. The van der Waals surface area contributed by atoms with Crippen LogP contribution in [0.5, 0.6) is 0 Å². The van der Waals surface area contributed by atoms with E-state index in [2.05, 4.69) is 10.2 Å². The van der Waals surface area contributed by atoms with Crippen molar-refractivity contribution in [2.45, 2.75) is 64.2 Å². The quantitative estimate of drug-likeness (QED) is 0.757. The van der Waals surface area contributed by atoms with Crippen LogP contribution < -0.4 is 5.32 Å². The molecule has 4 rings (SSSR count). The van der Waals surface area contributed by atoms with E-state index >= 15 is 0 Å². The molecule has 4 aliphatic rings. The van der Waals surface area contributed by atoms with Gasteiger partial charge in [-0.05, 0) is 50.4 Å². The Morgan fingerprint density at radius 2 is 1.61 bits per heavy atom. The molecule has 1 unspecified atom stereocenters. The zero-order valence-electron chi connectivity index (χ0n) is 17.0. The Balaban J connectivity index is 1.19. The second-order valence-electron chi connectivity index (χ2n) is 9.49. The van der Waals surface area contributed by atoms with Crippen LogP contribution in [-0.4, -0.2) is 60.2 Å². The summed E-state index contributed by atoms with van der Waals surface area (Å²) in [6, 6.07) is 0. The highest BCUT2D eigenvalue weighted by Gasteiger charge is 2.37. The molecule has 3 amide bonds. The van der Waals surface area contributed by atoms with Crippen molar-refractivity contribution < 1.29 is 14.4 Å². The molecule has 0 spiro atoms. The predicted molar refractivity (Wildman–Crippen MR) is 106 cm³/mol. The van der Waals surface area contributed by atoms with Gasteiger partial charge in [0, 0.05) is 45.1 Å². The van der Waals surface area contributed by atoms with Gasteiger partial charge in [0.1, 0.15) is 0 Å². The monoisotopic (exact) mass is 389 g/mol. The summed E-state index contributed by atoms with van der Waals surface area (Å²) in [6.45, 7) is 3.74. The lowest BCUT2D eigenvalue weighted by Gasteiger charge is -2.36. The minimum Gasteiger partial charge on any atom is -0.356 e. The molecule has 0 bridgehead atoms. The summed E-state index contributed by atoms with van der Waals surface area (Å²) in [6.07, 6.45) is 10.5. The number of amides is 3. The molecule has 28 heavy (non-hydrogen) atoms. The number of hydrogen-bond acceptors (Lipinski definition) is 3. The van der Waals surface area contributed by atoms with E-state index < -0.39 is 0 Å². The summed E-state index contributed by atoms with van der Waals surface area (Å²) >= 11 is 0. The average Bonchev–Trinajstić information content (AvgIpc) is 3.49. The van der Waals surface area contributed by atoms with E-state index in [-0.39, 0.29) is 23.7 Å². The van der Waals surface area contributed by atoms with Gasteiger partial charge in [0.15, 0.2) is 0 Å². The van der Waals surface area contributed by atoms with E-state index in [9.17, 15) is 14.4 Å². The van der Waals surface area contributed by atoms with Gasteiger partial charge >= 0.3 is 0 Å². The Morgan fingerprint density at radius 1 is 0.893 bits per heavy atom. The van der Waals surface area contributed by atoms with Crippen LogP contribution in [0.4, 0.5) is 0 Å².